The standard InChI is InChI=1S/C3H26O9Si10/c1-2-3-14-5-16-7-18-9-20-11-22-12-21-10-19-8-17-6-15-4-13/h2H,1,3,14-22H2,13H3. The average molecular weight is 487 g/mol. The molecular weight excluding hydrogens is 461 g/mol. The molecular formula is C3H26O9Si10. The lowest BCUT2D eigenvalue weighted by atomic mass is 10.8. The Hall–Kier alpha value is 1.55. The van der Waals surface area contributed by atoms with Crippen molar-refractivity contribution in [3.05, 3.63) is 12.7 Å². The average Bonchev–Trinajstić information content (AvgIpc) is 2.54. The summed E-state index contributed by atoms with van der Waals surface area (Å²) in [6.07, 6.45) is 1.89. The minimum Gasteiger partial charge on any atom is -0.449 e. The van der Waals surface area contributed by atoms with E-state index in [4.69, 9.17) is 37.0 Å². The van der Waals surface area contributed by atoms with Gasteiger partial charge in [-0.15, -0.1) is 6.58 Å². The maximum Gasteiger partial charge on any atom is 0.286 e. The van der Waals surface area contributed by atoms with Crippen LogP contribution in [0.1, 0.15) is 0 Å². The van der Waals surface area contributed by atoms with E-state index in [1.807, 2.05) is 6.08 Å². The fraction of sp³-hybridized carbons (Fsp3) is 0.333. The molecule has 0 aromatic carbocycles. The number of rotatable bonds is 19. The fourth-order valence-electron chi connectivity index (χ4n) is 0.960. The predicted molar refractivity (Wildman–Crippen MR) is 112 cm³/mol. The van der Waals surface area contributed by atoms with Crippen molar-refractivity contribution in [2.45, 2.75) is 6.04 Å². The van der Waals surface area contributed by atoms with Gasteiger partial charge in [0.05, 0.1) is 0 Å². The molecule has 0 bridgehead atoms. The van der Waals surface area contributed by atoms with Crippen LogP contribution in [0, 0.1) is 0 Å². The second-order valence-corrected chi connectivity index (χ2v) is 21.9. The summed E-state index contributed by atoms with van der Waals surface area (Å²) in [5, 5.41) is 0. The van der Waals surface area contributed by atoms with Gasteiger partial charge in [-0.1, -0.05) is 6.08 Å². The molecule has 19 heteroatoms. The number of allylic oxidation sites excluding steroid dienone is 1. The van der Waals surface area contributed by atoms with Crippen molar-refractivity contribution >= 4 is 100 Å². The highest BCUT2D eigenvalue weighted by Crippen LogP contribution is 1.81. The lowest BCUT2D eigenvalue weighted by molar-refractivity contribution is 0.364. The van der Waals surface area contributed by atoms with Crippen LogP contribution in [0.2, 0.25) is 6.04 Å². The van der Waals surface area contributed by atoms with Crippen LogP contribution in [-0.2, 0) is 37.0 Å². The Kier molecular flexibility index (Phi) is 24.1. The minimum absolute atomic E-state index is 0.425. The first-order chi connectivity index (χ1) is 10.9. The largest absolute Gasteiger partial charge is 0.449 e. The maximum absolute atomic E-state index is 5.46. The van der Waals surface area contributed by atoms with E-state index in [-0.39, 0.29) is 0 Å². The number of hydrogen-bond acceptors (Lipinski definition) is 9. The Bertz CT molecular complexity index is 226. The Morgan fingerprint density at radius 3 is 1.36 bits per heavy atom. The van der Waals surface area contributed by atoms with Gasteiger partial charge in [-0.2, -0.15) is 0 Å². The normalized spacial score (nSPS) is 16.0. The van der Waals surface area contributed by atoms with Crippen molar-refractivity contribution < 1.29 is 37.0 Å². The molecule has 0 fully saturated rings. The Morgan fingerprint density at radius 1 is 0.636 bits per heavy atom. The molecule has 0 aromatic heterocycles. The molecule has 22 heavy (non-hydrogen) atoms. The third kappa shape index (κ3) is 21.5. The van der Waals surface area contributed by atoms with Gasteiger partial charge in [-0.05, 0) is 6.04 Å². The van der Waals surface area contributed by atoms with Crippen LogP contribution in [-0.4, -0.2) is 100 Å². The van der Waals surface area contributed by atoms with E-state index in [1.165, 1.54) is 0 Å². The van der Waals surface area contributed by atoms with Gasteiger partial charge in [0.2, 0.25) is 0 Å². The van der Waals surface area contributed by atoms with Crippen LogP contribution in [0.4, 0.5) is 0 Å². The van der Waals surface area contributed by atoms with Crippen LogP contribution in [0.5, 0.6) is 0 Å². The Morgan fingerprint density at radius 2 is 1.00 bits per heavy atom. The van der Waals surface area contributed by atoms with Gasteiger partial charge in [0, 0.05) is 0 Å². The summed E-state index contributed by atoms with van der Waals surface area (Å²) in [7, 11) is -6.64. The first-order valence-corrected chi connectivity index (χ1v) is 18.3. The van der Waals surface area contributed by atoms with Gasteiger partial charge in [0.25, 0.3) is 80.1 Å². The third-order valence-corrected chi connectivity index (χ3v) is 14.6. The highest BCUT2D eigenvalue weighted by atomic mass is 28.4. The summed E-state index contributed by atoms with van der Waals surface area (Å²) in [5.41, 5.74) is 0. The zero-order chi connectivity index (χ0) is 16.1. The third-order valence-electron chi connectivity index (χ3n) is 1.83. The van der Waals surface area contributed by atoms with Crippen molar-refractivity contribution in [1.29, 1.82) is 0 Å². The molecule has 0 heterocycles. The van der Waals surface area contributed by atoms with E-state index in [1.54, 1.807) is 0 Å². The zero-order valence-corrected chi connectivity index (χ0v) is 27.8. The maximum atomic E-state index is 5.46. The molecule has 0 rings (SSSR count). The molecule has 9 nitrogen and oxygen atoms in total. The molecule has 132 valence electrons. The molecule has 0 saturated heterocycles. The van der Waals surface area contributed by atoms with E-state index < -0.39 is 89.8 Å². The molecule has 0 atom stereocenters. The minimum atomic E-state index is -0.933. The van der Waals surface area contributed by atoms with Crippen LogP contribution in [0.15, 0.2) is 12.7 Å². The lowest BCUT2D eigenvalue weighted by Crippen LogP contribution is -2.21. The van der Waals surface area contributed by atoms with Crippen molar-refractivity contribution in [3.63, 3.8) is 0 Å². The van der Waals surface area contributed by atoms with Crippen molar-refractivity contribution in [2.75, 3.05) is 0 Å². The Balaban J connectivity index is 2.92. The predicted octanol–water partition coefficient (Wildman–Crippen LogP) is -8.91. The molecule has 0 saturated carbocycles. The topological polar surface area (TPSA) is 83.1 Å². The SMILES string of the molecule is C=CC[SiH2]O[SiH2]O[SiH2]O[SiH2]O[SiH2]O[SiH2]O[SiH2]O[SiH2]O[SiH2]O[SiH3]. The summed E-state index contributed by atoms with van der Waals surface area (Å²) in [6, 6.07) is 1.00. The molecule has 0 spiro atoms. The van der Waals surface area contributed by atoms with Gasteiger partial charge in [0.1, 0.15) is 10.5 Å². The number of hydrogen-bond donors (Lipinski definition) is 0. The summed E-state index contributed by atoms with van der Waals surface area (Å²) >= 11 is 0. The quantitative estimate of drug-likeness (QED) is 0.100. The second-order valence-electron chi connectivity index (χ2n) is 3.65. The first-order valence-electron chi connectivity index (χ1n) is 6.63. The smallest absolute Gasteiger partial charge is 0.286 e. The molecule has 0 N–H and O–H groups in total. The van der Waals surface area contributed by atoms with Crippen LogP contribution in [0.3, 0.4) is 0 Å². The summed E-state index contributed by atoms with van der Waals surface area (Å²) in [4.78, 5) is 0. The molecule has 0 radical (unpaired) electrons. The molecule has 0 aliphatic rings. The van der Waals surface area contributed by atoms with Gasteiger partial charge in [0.15, 0.2) is 9.76 Å². The monoisotopic (exact) mass is 486 g/mol. The van der Waals surface area contributed by atoms with E-state index in [0.717, 1.165) is 16.5 Å². The van der Waals surface area contributed by atoms with E-state index in [2.05, 4.69) is 6.58 Å². The second kappa shape index (κ2) is 22.5. The molecule has 0 aliphatic heterocycles. The van der Waals surface area contributed by atoms with E-state index in [9.17, 15) is 0 Å². The zero-order valence-electron chi connectivity index (χ0n) is 13.0. The van der Waals surface area contributed by atoms with Crippen molar-refractivity contribution in [3.8, 4) is 0 Å². The lowest BCUT2D eigenvalue weighted by Gasteiger charge is -2.08. The summed E-state index contributed by atoms with van der Waals surface area (Å²) in [5.74, 6) is 0. The van der Waals surface area contributed by atoms with Gasteiger partial charge >= 0.3 is 0 Å². The van der Waals surface area contributed by atoms with E-state index in [0.29, 0.717) is 0 Å². The van der Waals surface area contributed by atoms with Crippen LogP contribution < -0.4 is 0 Å². The highest BCUT2D eigenvalue weighted by Gasteiger charge is 1.96. The summed E-state index contributed by atoms with van der Waals surface area (Å²) in [6.45, 7) is 3.65. The molecule has 0 aromatic rings. The van der Waals surface area contributed by atoms with Gasteiger partial charge < -0.3 is 37.0 Å². The van der Waals surface area contributed by atoms with Crippen LogP contribution in [0.25, 0.3) is 0 Å². The highest BCUT2D eigenvalue weighted by molar-refractivity contribution is 6.49. The fourth-order valence-corrected chi connectivity index (χ4v) is 17.1. The molecule has 0 unspecified atom stereocenters. The molecule has 0 amide bonds. The summed E-state index contributed by atoms with van der Waals surface area (Å²) < 4.78 is 48.0. The van der Waals surface area contributed by atoms with Crippen LogP contribution >= 0.6 is 0 Å². The van der Waals surface area contributed by atoms with Crippen molar-refractivity contribution in [2.24, 2.45) is 0 Å². The molecule has 0 aliphatic carbocycles. The van der Waals surface area contributed by atoms with Crippen molar-refractivity contribution in [1.82, 2.24) is 0 Å². The van der Waals surface area contributed by atoms with Gasteiger partial charge in [-0.3, -0.25) is 0 Å². The first kappa shape index (κ1) is 23.5. The van der Waals surface area contributed by atoms with E-state index >= 15 is 0 Å². The van der Waals surface area contributed by atoms with Gasteiger partial charge in [-0.25, -0.2) is 0 Å². The Labute approximate surface area is 155 Å².